The van der Waals surface area contributed by atoms with Crippen LogP contribution in [-0.2, 0) is 6.54 Å². The van der Waals surface area contributed by atoms with Gasteiger partial charge >= 0.3 is 0 Å². The third kappa shape index (κ3) is 4.24. The van der Waals surface area contributed by atoms with Gasteiger partial charge in [-0.2, -0.15) is 0 Å². The minimum Gasteiger partial charge on any atom is -0.382 e. The van der Waals surface area contributed by atoms with Gasteiger partial charge in [-0.15, -0.1) is 0 Å². The van der Waals surface area contributed by atoms with Gasteiger partial charge in [-0.05, 0) is 56.3 Å². The Hall–Kier alpha value is -1.02. The molecule has 0 saturated heterocycles. The first-order valence-corrected chi connectivity index (χ1v) is 7.85. The number of nitrogens with zero attached hydrogens (tertiary/aromatic N) is 1. The summed E-state index contributed by atoms with van der Waals surface area (Å²) in [5.74, 6) is 0.817. The molecule has 1 fully saturated rings. The van der Waals surface area contributed by atoms with Crippen molar-refractivity contribution in [1.82, 2.24) is 4.90 Å². The van der Waals surface area contributed by atoms with Crippen molar-refractivity contribution in [2.45, 2.75) is 52.6 Å². The van der Waals surface area contributed by atoms with E-state index in [1.807, 2.05) is 0 Å². The highest BCUT2D eigenvalue weighted by atomic mass is 15.1. The second-order valence-electron chi connectivity index (χ2n) is 7.65. The van der Waals surface area contributed by atoms with E-state index in [0.717, 1.165) is 12.5 Å². The van der Waals surface area contributed by atoms with Crippen molar-refractivity contribution >= 4 is 5.69 Å². The maximum Gasteiger partial charge on any atom is 0.0388 e. The SMILES string of the molecule is CC1CC(Nc2ccccc2CN(C)C)CC(C)(C)C1. The summed E-state index contributed by atoms with van der Waals surface area (Å²) in [5.41, 5.74) is 3.18. The Morgan fingerprint density at radius 1 is 1.20 bits per heavy atom. The quantitative estimate of drug-likeness (QED) is 0.877. The highest BCUT2D eigenvalue weighted by Crippen LogP contribution is 2.39. The summed E-state index contributed by atoms with van der Waals surface area (Å²) in [4.78, 5) is 2.23. The Morgan fingerprint density at radius 2 is 1.90 bits per heavy atom. The molecule has 2 atom stereocenters. The topological polar surface area (TPSA) is 15.3 Å². The monoisotopic (exact) mass is 274 g/mol. The summed E-state index contributed by atoms with van der Waals surface area (Å²) < 4.78 is 0. The smallest absolute Gasteiger partial charge is 0.0388 e. The fraction of sp³-hybridized carbons (Fsp3) is 0.667. The molecule has 1 N–H and O–H groups in total. The molecule has 1 aliphatic rings. The van der Waals surface area contributed by atoms with Gasteiger partial charge in [-0.25, -0.2) is 0 Å². The zero-order chi connectivity index (χ0) is 14.8. The molecule has 2 rings (SSSR count). The van der Waals surface area contributed by atoms with Crippen LogP contribution in [0.4, 0.5) is 5.69 Å². The second-order valence-corrected chi connectivity index (χ2v) is 7.65. The summed E-state index contributed by atoms with van der Waals surface area (Å²) in [5, 5.41) is 3.81. The molecule has 112 valence electrons. The standard InChI is InChI=1S/C18H30N2/c1-14-10-16(12-18(2,3)11-14)19-17-9-7-6-8-15(17)13-20(4)5/h6-9,14,16,19H,10-13H2,1-5H3. The van der Waals surface area contributed by atoms with Gasteiger partial charge in [0.25, 0.3) is 0 Å². The first-order valence-electron chi connectivity index (χ1n) is 7.85. The van der Waals surface area contributed by atoms with Crippen LogP contribution in [0.3, 0.4) is 0 Å². The predicted molar refractivity (Wildman–Crippen MR) is 88.0 cm³/mol. The molecule has 1 aromatic rings. The predicted octanol–water partition coefficient (Wildman–Crippen LogP) is 4.37. The lowest BCUT2D eigenvalue weighted by Gasteiger charge is -2.40. The molecule has 2 heteroatoms. The first-order chi connectivity index (χ1) is 9.35. The number of para-hydroxylation sites is 1. The molecule has 0 bridgehead atoms. The Kier molecular flexibility index (Phi) is 4.74. The third-order valence-electron chi connectivity index (χ3n) is 4.25. The summed E-state index contributed by atoms with van der Waals surface area (Å²) >= 11 is 0. The molecule has 1 aliphatic carbocycles. The van der Waals surface area contributed by atoms with Crippen LogP contribution in [0.15, 0.2) is 24.3 Å². The van der Waals surface area contributed by atoms with E-state index in [0.29, 0.717) is 11.5 Å². The van der Waals surface area contributed by atoms with Crippen molar-refractivity contribution in [3.8, 4) is 0 Å². The zero-order valence-corrected chi connectivity index (χ0v) is 13.7. The number of nitrogens with one attached hydrogen (secondary N) is 1. The van der Waals surface area contributed by atoms with Gasteiger partial charge in [0.2, 0.25) is 0 Å². The maximum absolute atomic E-state index is 3.81. The van der Waals surface area contributed by atoms with Crippen LogP contribution in [0.2, 0.25) is 0 Å². The molecular weight excluding hydrogens is 244 g/mol. The molecule has 0 aromatic heterocycles. The Bertz CT molecular complexity index is 437. The lowest BCUT2D eigenvalue weighted by Crippen LogP contribution is -2.35. The summed E-state index contributed by atoms with van der Waals surface area (Å²) in [6.07, 6.45) is 3.91. The summed E-state index contributed by atoms with van der Waals surface area (Å²) in [6.45, 7) is 8.20. The minimum atomic E-state index is 0.464. The van der Waals surface area contributed by atoms with Crippen LogP contribution in [-0.4, -0.2) is 25.0 Å². The minimum absolute atomic E-state index is 0.464. The van der Waals surface area contributed by atoms with E-state index in [4.69, 9.17) is 0 Å². The summed E-state index contributed by atoms with van der Waals surface area (Å²) in [7, 11) is 4.26. The molecule has 1 aromatic carbocycles. The van der Waals surface area contributed by atoms with Crippen LogP contribution < -0.4 is 5.32 Å². The van der Waals surface area contributed by atoms with E-state index in [-0.39, 0.29) is 0 Å². The van der Waals surface area contributed by atoms with Crippen molar-refractivity contribution < 1.29 is 0 Å². The fourth-order valence-electron chi connectivity index (χ4n) is 3.82. The Balaban J connectivity index is 2.09. The van der Waals surface area contributed by atoms with E-state index >= 15 is 0 Å². The number of anilines is 1. The second kappa shape index (κ2) is 6.17. The lowest BCUT2D eigenvalue weighted by atomic mass is 9.70. The van der Waals surface area contributed by atoms with Crippen LogP contribution >= 0.6 is 0 Å². The molecule has 0 aliphatic heterocycles. The number of hydrogen-bond donors (Lipinski definition) is 1. The number of rotatable bonds is 4. The van der Waals surface area contributed by atoms with E-state index in [1.165, 1.54) is 30.5 Å². The molecule has 0 radical (unpaired) electrons. The van der Waals surface area contributed by atoms with Crippen LogP contribution in [0.5, 0.6) is 0 Å². The third-order valence-corrected chi connectivity index (χ3v) is 4.25. The average Bonchev–Trinajstić information content (AvgIpc) is 2.28. The highest BCUT2D eigenvalue weighted by Gasteiger charge is 2.32. The van der Waals surface area contributed by atoms with E-state index in [9.17, 15) is 0 Å². The van der Waals surface area contributed by atoms with Crippen LogP contribution in [0.25, 0.3) is 0 Å². The van der Waals surface area contributed by atoms with Gasteiger partial charge in [0.15, 0.2) is 0 Å². The molecule has 20 heavy (non-hydrogen) atoms. The van der Waals surface area contributed by atoms with E-state index in [2.05, 4.69) is 69.3 Å². The molecular formula is C18H30N2. The maximum atomic E-state index is 3.81. The van der Waals surface area contributed by atoms with Crippen LogP contribution in [0.1, 0.15) is 45.6 Å². The Morgan fingerprint density at radius 3 is 2.55 bits per heavy atom. The lowest BCUT2D eigenvalue weighted by molar-refractivity contribution is 0.178. The summed E-state index contributed by atoms with van der Waals surface area (Å²) in [6, 6.07) is 9.35. The average molecular weight is 274 g/mol. The van der Waals surface area contributed by atoms with Crippen molar-refractivity contribution in [2.24, 2.45) is 11.3 Å². The normalized spacial score (nSPS) is 25.7. The fourth-order valence-corrected chi connectivity index (χ4v) is 3.82. The van der Waals surface area contributed by atoms with E-state index in [1.54, 1.807) is 0 Å². The van der Waals surface area contributed by atoms with Crippen molar-refractivity contribution in [1.29, 1.82) is 0 Å². The van der Waals surface area contributed by atoms with E-state index < -0.39 is 0 Å². The molecule has 1 saturated carbocycles. The molecule has 2 unspecified atom stereocenters. The van der Waals surface area contributed by atoms with Crippen LogP contribution in [0, 0.1) is 11.3 Å². The van der Waals surface area contributed by atoms with Crippen molar-refractivity contribution in [3.05, 3.63) is 29.8 Å². The number of benzene rings is 1. The highest BCUT2D eigenvalue weighted by molar-refractivity contribution is 5.51. The van der Waals surface area contributed by atoms with Gasteiger partial charge in [-0.3, -0.25) is 0 Å². The Labute approximate surface area is 124 Å². The van der Waals surface area contributed by atoms with Gasteiger partial charge in [0, 0.05) is 18.3 Å². The molecule has 2 nitrogen and oxygen atoms in total. The largest absolute Gasteiger partial charge is 0.382 e. The van der Waals surface area contributed by atoms with Gasteiger partial charge in [-0.1, -0.05) is 39.0 Å². The first kappa shape index (κ1) is 15.4. The molecule has 0 amide bonds. The van der Waals surface area contributed by atoms with Gasteiger partial charge in [0.05, 0.1) is 0 Å². The van der Waals surface area contributed by atoms with Gasteiger partial charge in [0.1, 0.15) is 0 Å². The van der Waals surface area contributed by atoms with Crippen molar-refractivity contribution in [3.63, 3.8) is 0 Å². The zero-order valence-electron chi connectivity index (χ0n) is 13.7. The van der Waals surface area contributed by atoms with Crippen molar-refractivity contribution in [2.75, 3.05) is 19.4 Å². The number of hydrogen-bond acceptors (Lipinski definition) is 2. The molecule has 0 spiro atoms. The molecule has 0 heterocycles. The van der Waals surface area contributed by atoms with Gasteiger partial charge < -0.3 is 10.2 Å².